The second-order valence-electron chi connectivity index (χ2n) is 2.64. The highest BCUT2D eigenvalue weighted by Gasteiger charge is 2.14. The molecule has 0 aromatic heterocycles. The minimum Gasteiger partial charge on any atom is -0.292 e. The van der Waals surface area contributed by atoms with Crippen LogP contribution in [0, 0.1) is 0 Å². The van der Waals surface area contributed by atoms with Crippen LogP contribution in [-0.4, -0.2) is 11.2 Å². The van der Waals surface area contributed by atoms with E-state index in [4.69, 9.17) is 11.6 Å². The fourth-order valence-electron chi connectivity index (χ4n) is 0.927. The average molecular weight is 280 g/mol. The molecule has 1 atom stereocenters. The number of halogens is 2. The summed E-state index contributed by atoms with van der Waals surface area (Å²) in [7, 11) is 0. The Morgan fingerprint density at radius 3 is 2.69 bits per heavy atom. The van der Waals surface area contributed by atoms with Crippen molar-refractivity contribution in [3.8, 4) is 0 Å². The zero-order valence-electron chi connectivity index (χ0n) is 6.92. The van der Waals surface area contributed by atoms with Crippen molar-refractivity contribution in [1.29, 1.82) is 0 Å². The van der Waals surface area contributed by atoms with Gasteiger partial charge in [0.15, 0.2) is 5.78 Å². The molecular weight excluding hydrogens is 272 g/mol. The molecule has 1 aromatic rings. The van der Waals surface area contributed by atoms with Crippen molar-refractivity contribution in [3.05, 3.63) is 28.2 Å². The van der Waals surface area contributed by atoms with E-state index in [2.05, 4.69) is 28.6 Å². The van der Waals surface area contributed by atoms with E-state index < -0.39 is 5.38 Å². The molecule has 1 nitrogen and oxygen atoms in total. The number of hydrogen-bond acceptors (Lipinski definition) is 2. The molecule has 70 valence electrons. The van der Waals surface area contributed by atoms with Crippen molar-refractivity contribution in [3.63, 3.8) is 0 Å². The Bertz CT molecular complexity index is 338. The fourth-order valence-corrected chi connectivity index (χ4v) is 1.91. The molecule has 0 saturated heterocycles. The van der Waals surface area contributed by atoms with Crippen LogP contribution in [0.2, 0.25) is 0 Å². The summed E-state index contributed by atoms with van der Waals surface area (Å²) in [6, 6.07) is 5.29. The van der Waals surface area contributed by atoms with Gasteiger partial charge >= 0.3 is 0 Å². The summed E-state index contributed by atoms with van der Waals surface area (Å²) in [5, 5.41) is -0.507. The second kappa shape index (κ2) is 4.49. The molecule has 0 aliphatic heterocycles. The van der Waals surface area contributed by atoms with Crippen molar-refractivity contribution in [1.82, 2.24) is 0 Å². The molecule has 0 fully saturated rings. The van der Waals surface area contributed by atoms with Crippen LogP contribution in [0.25, 0.3) is 0 Å². The summed E-state index contributed by atoms with van der Waals surface area (Å²) in [5.41, 5.74) is 0.564. The number of carbonyl (C=O) groups excluding carboxylic acids is 1. The normalized spacial score (nSPS) is 12.6. The van der Waals surface area contributed by atoms with Crippen molar-refractivity contribution < 1.29 is 4.79 Å². The highest BCUT2D eigenvalue weighted by Crippen LogP contribution is 2.21. The number of alkyl halides is 1. The Balaban J connectivity index is 3.09. The van der Waals surface area contributed by atoms with Gasteiger partial charge in [-0.3, -0.25) is 4.79 Å². The van der Waals surface area contributed by atoms with E-state index in [1.165, 1.54) is 0 Å². The molecule has 0 N–H and O–H groups in total. The Labute approximate surface area is 96.0 Å². The average Bonchev–Trinajstić information content (AvgIpc) is 2.03. The smallest absolute Gasteiger partial charge is 0.181 e. The standard InChI is InChI=1S/C9H8BrClOS/c1-5(11)9(12)7-3-2-6(10)4-8(7)13/h2-5,13H,1H3. The first-order chi connectivity index (χ1) is 6.02. The topological polar surface area (TPSA) is 17.1 Å². The minimum absolute atomic E-state index is 0.0980. The van der Waals surface area contributed by atoms with E-state index in [1.807, 2.05) is 0 Å². The predicted molar refractivity (Wildman–Crippen MR) is 61.0 cm³/mol. The van der Waals surface area contributed by atoms with E-state index in [0.717, 1.165) is 4.47 Å². The zero-order chi connectivity index (χ0) is 10.0. The number of Topliss-reactive ketones (excluding diaryl/α,β-unsaturated/α-hetero) is 1. The lowest BCUT2D eigenvalue weighted by Crippen LogP contribution is -2.11. The highest BCUT2D eigenvalue weighted by molar-refractivity contribution is 9.10. The van der Waals surface area contributed by atoms with E-state index in [-0.39, 0.29) is 5.78 Å². The van der Waals surface area contributed by atoms with Crippen molar-refractivity contribution in [2.75, 3.05) is 0 Å². The van der Waals surface area contributed by atoms with Gasteiger partial charge in [-0.05, 0) is 25.1 Å². The van der Waals surface area contributed by atoms with Gasteiger partial charge < -0.3 is 0 Å². The van der Waals surface area contributed by atoms with Crippen LogP contribution in [0.15, 0.2) is 27.6 Å². The first-order valence-corrected chi connectivity index (χ1v) is 5.37. The van der Waals surface area contributed by atoms with Gasteiger partial charge in [-0.15, -0.1) is 24.2 Å². The maximum atomic E-state index is 11.5. The summed E-state index contributed by atoms with van der Waals surface area (Å²) in [5.74, 6) is -0.0980. The van der Waals surface area contributed by atoms with Gasteiger partial charge in [-0.1, -0.05) is 15.9 Å². The van der Waals surface area contributed by atoms with Crippen LogP contribution in [-0.2, 0) is 0 Å². The highest BCUT2D eigenvalue weighted by atomic mass is 79.9. The van der Waals surface area contributed by atoms with Gasteiger partial charge in [0.05, 0.1) is 5.38 Å². The van der Waals surface area contributed by atoms with E-state index >= 15 is 0 Å². The van der Waals surface area contributed by atoms with Crippen LogP contribution in [0.1, 0.15) is 17.3 Å². The third-order valence-electron chi connectivity index (χ3n) is 1.59. The molecule has 4 heteroatoms. The van der Waals surface area contributed by atoms with Gasteiger partial charge in [-0.25, -0.2) is 0 Å². The van der Waals surface area contributed by atoms with Crippen molar-refractivity contribution >= 4 is 45.9 Å². The molecule has 0 spiro atoms. The Hall–Kier alpha value is 0.01000. The SMILES string of the molecule is CC(Cl)C(=O)c1ccc(Br)cc1S. The molecule has 0 aliphatic rings. The number of hydrogen-bond donors (Lipinski definition) is 1. The molecule has 0 aliphatic carbocycles. The zero-order valence-corrected chi connectivity index (χ0v) is 10.2. The molecular formula is C9H8BrClOS. The van der Waals surface area contributed by atoms with Gasteiger partial charge in [0.2, 0.25) is 0 Å². The quantitative estimate of drug-likeness (QED) is 0.498. The van der Waals surface area contributed by atoms with E-state index in [9.17, 15) is 4.79 Å². The largest absolute Gasteiger partial charge is 0.292 e. The summed E-state index contributed by atoms with van der Waals surface area (Å²) in [4.78, 5) is 12.1. The third-order valence-corrected chi connectivity index (χ3v) is 2.65. The lowest BCUT2D eigenvalue weighted by molar-refractivity contribution is 0.0989. The number of ketones is 1. The predicted octanol–water partition coefficient (Wildman–Crippen LogP) is 3.55. The summed E-state index contributed by atoms with van der Waals surface area (Å²) in [6.07, 6.45) is 0. The number of carbonyl (C=O) groups is 1. The summed E-state index contributed by atoms with van der Waals surface area (Å²) >= 11 is 13.2. The van der Waals surface area contributed by atoms with Crippen molar-refractivity contribution in [2.45, 2.75) is 17.2 Å². The number of rotatable bonds is 2. The molecule has 0 bridgehead atoms. The molecule has 1 rings (SSSR count). The van der Waals surface area contributed by atoms with Gasteiger partial charge in [-0.2, -0.15) is 0 Å². The van der Waals surface area contributed by atoms with Gasteiger partial charge in [0.25, 0.3) is 0 Å². The fraction of sp³-hybridized carbons (Fsp3) is 0.222. The molecule has 1 aromatic carbocycles. The van der Waals surface area contributed by atoms with E-state index in [1.54, 1.807) is 25.1 Å². The van der Waals surface area contributed by atoms with Gasteiger partial charge in [0.1, 0.15) is 0 Å². The van der Waals surface area contributed by atoms with Crippen molar-refractivity contribution in [2.24, 2.45) is 0 Å². The van der Waals surface area contributed by atoms with Crippen LogP contribution < -0.4 is 0 Å². The number of benzene rings is 1. The Morgan fingerprint density at radius 2 is 2.23 bits per heavy atom. The van der Waals surface area contributed by atoms with Crippen LogP contribution in [0.3, 0.4) is 0 Å². The third kappa shape index (κ3) is 2.73. The summed E-state index contributed by atoms with van der Waals surface area (Å²) in [6.45, 7) is 1.65. The molecule has 1 unspecified atom stereocenters. The van der Waals surface area contributed by atoms with Gasteiger partial charge in [0, 0.05) is 14.9 Å². The first-order valence-electron chi connectivity index (χ1n) is 3.69. The first kappa shape index (κ1) is 11.1. The molecule has 0 heterocycles. The van der Waals surface area contributed by atoms with Crippen LogP contribution in [0.4, 0.5) is 0 Å². The molecule has 0 amide bonds. The lowest BCUT2D eigenvalue weighted by Gasteiger charge is -2.05. The second-order valence-corrected chi connectivity index (χ2v) is 4.69. The molecule has 0 radical (unpaired) electrons. The maximum Gasteiger partial charge on any atom is 0.181 e. The molecule has 0 saturated carbocycles. The summed E-state index contributed by atoms with van der Waals surface area (Å²) < 4.78 is 0.899. The van der Waals surface area contributed by atoms with Crippen LogP contribution in [0.5, 0.6) is 0 Å². The minimum atomic E-state index is -0.507. The van der Waals surface area contributed by atoms with E-state index in [0.29, 0.717) is 10.5 Å². The maximum absolute atomic E-state index is 11.5. The Morgan fingerprint density at radius 1 is 1.62 bits per heavy atom. The number of thiol groups is 1. The Kier molecular flexibility index (Phi) is 3.83. The van der Waals surface area contributed by atoms with Crippen LogP contribution >= 0.6 is 40.2 Å². The lowest BCUT2D eigenvalue weighted by atomic mass is 10.1. The monoisotopic (exact) mass is 278 g/mol. The molecule has 13 heavy (non-hydrogen) atoms.